The fraction of sp³-hybridized carbons (Fsp3) is 0.542. The Hall–Kier alpha value is -2.07. The van der Waals surface area contributed by atoms with E-state index >= 15 is 0 Å². The molecule has 2 rings (SSSR count). The maximum absolute atomic E-state index is 12.5. The van der Waals surface area contributed by atoms with Crippen molar-refractivity contribution in [2.75, 3.05) is 26.4 Å². The highest BCUT2D eigenvalue weighted by Crippen LogP contribution is 2.35. The van der Waals surface area contributed by atoms with Gasteiger partial charge in [0.1, 0.15) is 19.0 Å². The second-order valence-electron chi connectivity index (χ2n) is 8.28. The molecule has 4 nitrogen and oxygen atoms in total. The topological polar surface area (TPSA) is 44.8 Å². The van der Waals surface area contributed by atoms with Crippen LogP contribution in [0.15, 0.2) is 42.5 Å². The molecule has 0 fully saturated rings. The third-order valence-corrected chi connectivity index (χ3v) is 5.25. The van der Waals surface area contributed by atoms with E-state index in [0.29, 0.717) is 25.7 Å². The highest BCUT2D eigenvalue weighted by atomic mass is 16.6. The predicted octanol–water partition coefficient (Wildman–Crippen LogP) is 5.49. The molecule has 2 aromatic rings. The fourth-order valence-corrected chi connectivity index (χ4v) is 3.34. The van der Waals surface area contributed by atoms with Gasteiger partial charge in [-0.2, -0.15) is 0 Å². The highest BCUT2D eigenvalue weighted by molar-refractivity contribution is 5.83. The Morgan fingerprint density at radius 3 is 2.29 bits per heavy atom. The number of benzene rings is 2. The molecule has 1 atom stereocenters. The molecule has 0 N–H and O–H groups in total. The zero-order chi connectivity index (χ0) is 20.6. The minimum atomic E-state index is -0.451. The summed E-state index contributed by atoms with van der Waals surface area (Å²) >= 11 is 0. The van der Waals surface area contributed by atoms with Crippen LogP contribution in [0.25, 0.3) is 10.8 Å². The van der Waals surface area contributed by atoms with Gasteiger partial charge in [0.15, 0.2) is 0 Å². The van der Waals surface area contributed by atoms with E-state index in [1.807, 2.05) is 37.3 Å². The van der Waals surface area contributed by atoms with Crippen molar-refractivity contribution in [1.29, 1.82) is 0 Å². The molecule has 4 heteroatoms. The zero-order valence-electron chi connectivity index (χ0n) is 17.9. The van der Waals surface area contributed by atoms with E-state index in [2.05, 4.69) is 39.8 Å². The van der Waals surface area contributed by atoms with Crippen LogP contribution < -0.4 is 4.74 Å². The van der Waals surface area contributed by atoms with Gasteiger partial charge in [0.25, 0.3) is 0 Å². The van der Waals surface area contributed by atoms with E-state index in [-0.39, 0.29) is 18.5 Å². The average Bonchev–Trinajstić information content (AvgIpc) is 2.66. The van der Waals surface area contributed by atoms with Crippen molar-refractivity contribution in [2.45, 2.75) is 41.0 Å². The summed E-state index contributed by atoms with van der Waals surface area (Å²) in [6.45, 7) is 12.0. The number of esters is 1. The summed E-state index contributed by atoms with van der Waals surface area (Å²) < 4.78 is 16.8. The Morgan fingerprint density at radius 2 is 1.61 bits per heavy atom. The van der Waals surface area contributed by atoms with Crippen molar-refractivity contribution in [3.63, 3.8) is 0 Å². The average molecular weight is 387 g/mol. The van der Waals surface area contributed by atoms with Crippen molar-refractivity contribution in [3.8, 4) is 5.75 Å². The molecule has 0 saturated heterocycles. The number of carbonyl (C=O) groups excluding carboxylic acids is 1. The Labute approximate surface area is 169 Å². The molecule has 28 heavy (non-hydrogen) atoms. The zero-order valence-corrected chi connectivity index (χ0v) is 17.9. The van der Waals surface area contributed by atoms with Crippen molar-refractivity contribution < 1.29 is 19.0 Å². The number of carbonyl (C=O) groups is 1. The molecule has 0 saturated carbocycles. The van der Waals surface area contributed by atoms with E-state index < -0.39 is 5.41 Å². The fourth-order valence-electron chi connectivity index (χ4n) is 3.34. The molecule has 0 aromatic heterocycles. The third kappa shape index (κ3) is 6.23. The van der Waals surface area contributed by atoms with Gasteiger partial charge < -0.3 is 14.2 Å². The van der Waals surface area contributed by atoms with E-state index in [9.17, 15) is 4.79 Å². The van der Waals surface area contributed by atoms with Crippen LogP contribution in [0.1, 0.15) is 41.0 Å². The van der Waals surface area contributed by atoms with Gasteiger partial charge in [-0.15, -0.1) is 0 Å². The van der Waals surface area contributed by atoms with Crippen LogP contribution >= 0.6 is 0 Å². The lowest BCUT2D eigenvalue weighted by atomic mass is 9.73. The number of rotatable bonds is 11. The molecular weight excluding hydrogens is 352 g/mol. The summed E-state index contributed by atoms with van der Waals surface area (Å²) in [6.07, 6.45) is 0.823. The number of fused-ring (bicyclic) bond motifs is 1. The van der Waals surface area contributed by atoms with Gasteiger partial charge in [-0.3, -0.25) is 4.79 Å². The molecule has 0 aliphatic carbocycles. The molecule has 1 unspecified atom stereocenters. The first-order chi connectivity index (χ1) is 13.3. The normalized spacial score (nSPS) is 13.7. The van der Waals surface area contributed by atoms with Gasteiger partial charge in [-0.25, -0.2) is 0 Å². The standard InChI is InChI=1S/C24H34O4/c1-18(2)17-24(5,19(3)4)23(25)28-15-13-26-12-14-27-22-11-10-20-8-6-7-9-21(20)16-22/h6-11,16,18-19H,12-15,17H2,1-5H3. The van der Waals surface area contributed by atoms with Gasteiger partial charge in [0, 0.05) is 0 Å². The molecular formula is C24H34O4. The second kappa shape index (κ2) is 10.5. The van der Waals surface area contributed by atoms with E-state index in [4.69, 9.17) is 14.2 Å². The Kier molecular flexibility index (Phi) is 8.31. The van der Waals surface area contributed by atoms with Crippen molar-refractivity contribution in [1.82, 2.24) is 0 Å². The van der Waals surface area contributed by atoms with Gasteiger partial charge >= 0.3 is 5.97 Å². The lowest BCUT2D eigenvalue weighted by molar-refractivity contribution is -0.160. The third-order valence-electron chi connectivity index (χ3n) is 5.25. The minimum absolute atomic E-state index is 0.132. The van der Waals surface area contributed by atoms with E-state index in [1.54, 1.807) is 0 Å². The smallest absolute Gasteiger partial charge is 0.312 e. The summed E-state index contributed by atoms with van der Waals surface area (Å²) in [5, 5.41) is 2.35. The number of ether oxygens (including phenoxy) is 3. The summed E-state index contributed by atoms with van der Waals surface area (Å²) in [5.74, 6) is 1.38. The number of hydrogen-bond donors (Lipinski definition) is 0. The predicted molar refractivity (Wildman–Crippen MR) is 114 cm³/mol. The highest BCUT2D eigenvalue weighted by Gasteiger charge is 2.38. The van der Waals surface area contributed by atoms with Crippen LogP contribution in [-0.2, 0) is 14.3 Å². The Morgan fingerprint density at radius 1 is 0.929 bits per heavy atom. The summed E-state index contributed by atoms with van der Waals surface area (Å²) in [5.41, 5.74) is -0.451. The monoisotopic (exact) mass is 386 g/mol. The first-order valence-corrected chi connectivity index (χ1v) is 10.2. The first kappa shape index (κ1) is 22.2. The van der Waals surface area contributed by atoms with Crippen LogP contribution in [0.2, 0.25) is 0 Å². The maximum Gasteiger partial charge on any atom is 0.312 e. The van der Waals surface area contributed by atoms with E-state index in [0.717, 1.165) is 17.6 Å². The first-order valence-electron chi connectivity index (χ1n) is 10.2. The molecule has 0 bridgehead atoms. The van der Waals surface area contributed by atoms with Gasteiger partial charge in [-0.1, -0.05) is 58.0 Å². The largest absolute Gasteiger partial charge is 0.491 e. The Balaban J connectivity index is 1.66. The van der Waals surface area contributed by atoms with Crippen LogP contribution in [0.3, 0.4) is 0 Å². The summed E-state index contributed by atoms with van der Waals surface area (Å²) in [6, 6.07) is 14.2. The van der Waals surface area contributed by atoms with Crippen molar-refractivity contribution in [2.24, 2.45) is 17.3 Å². The minimum Gasteiger partial charge on any atom is -0.491 e. The molecule has 154 valence electrons. The molecule has 0 radical (unpaired) electrons. The maximum atomic E-state index is 12.5. The van der Waals surface area contributed by atoms with Gasteiger partial charge in [0.05, 0.1) is 18.6 Å². The molecule has 0 heterocycles. The SMILES string of the molecule is CC(C)CC(C)(C(=O)OCCOCCOc1ccc2ccccc2c1)C(C)C. The van der Waals surface area contributed by atoms with Crippen molar-refractivity contribution in [3.05, 3.63) is 42.5 Å². The van der Waals surface area contributed by atoms with Crippen LogP contribution in [0, 0.1) is 17.3 Å². The van der Waals surface area contributed by atoms with Crippen LogP contribution in [0.5, 0.6) is 5.75 Å². The molecule has 0 spiro atoms. The molecule has 0 aliphatic rings. The second-order valence-corrected chi connectivity index (χ2v) is 8.28. The van der Waals surface area contributed by atoms with Crippen LogP contribution in [0.4, 0.5) is 0 Å². The van der Waals surface area contributed by atoms with Gasteiger partial charge in [0.2, 0.25) is 0 Å². The molecule has 2 aromatic carbocycles. The van der Waals surface area contributed by atoms with E-state index in [1.165, 1.54) is 5.39 Å². The van der Waals surface area contributed by atoms with Crippen molar-refractivity contribution >= 4 is 16.7 Å². The quantitative estimate of drug-likeness (QED) is 0.378. The molecule has 0 amide bonds. The van der Waals surface area contributed by atoms with Crippen LogP contribution in [-0.4, -0.2) is 32.4 Å². The Bertz CT molecular complexity index is 753. The summed E-state index contributed by atoms with van der Waals surface area (Å²) in [4.78, 5) is 12.5. The molecule has 0 aliphatic heterocycles. The van der Waals surface area contributed by atoms with Gasteiger partial charge in [-0.05, 0) is 48.1 Å². The lowest BCUT2D eigenvalue weighted by Crippen LogP contribution is -2.37. The summed E-state index contributed by atoms with van der Waals surface area (Å²) in [7, 11) is 0. The lowest BCUT2D eigenvalue weighted by Gasteiger charge is -2.32. The number of hydrogen-bond acceptors (Lipinski definition) is 4.